The highest BCUT2D eigenvalue weighted by atomic mass is 16.5. The Bertz CT molecular complexity index is 467. The summed E-state index contributed by atoms with van der Waals surface area (Å²) in [4.78, 5) is 14.2. The Kier molecular flexibility index (Phi) is 4.38. The first-order valence-electron chi connectivity index (χ1n) is 6.67. The van der Waals surface area contributed by atoms with Gasteiger partial charge in [-0.3, -0.25) is 9.69 Å². The number of hydrogen-bond donors (Lipinski definition) is 0. The van der Waals surface area contributed by atoms with Crippen molar-refractivity contribution >= 4 is 5.97 Å². The third kappa shape index (κ3) is 3.04. The maximum atomic E-state index is 12.0. The lowest BCUT2D eigenvalue weighted by Gasteiger charge is -2.37. The van der Waals surface area contributed by atoms with E-state index in [1.165, 1.54) is 18.2 Å². The molecule has 0 bridgehead atoms. The summed E-state index contributed by atoms with van der Waals surface area (Å²) in [5.74, 6) is -0.143. The van der Waals surface area contributed by atoms with Crippen LogP contribution in [0.2, 0.25) is 0 Å². The first-order valence-corrected chi connectivity index (χ1v) is 6.67. The summed E-state index contributed by atoms with van der Waals surface area (Å²) in [6, 6.07) is 10.3. The predicted octanol–water partition coefficient (Wildman–Crippen LogP) is 2.94. The minimum absolute atomic E-state index is 0.143. The van der Waals surface area contributed by atoms with Crippen molar-refractivity contribution in [3.05, 3.63) is 47.5 Å². The molecular formula is C16H21NO2. The van der Waals surface area contributed by atoms with E-state index in [-0.39, 0.29) is 18.1 Å². The summed E-state index contributed by atoms with van der Waals surface area (Å²) in [5.41, 5.74) is 2.48. The summed E-state index contributed by atoms with van der Waals surface area (Å²) in [6.45, 7) is 5.00. The fourth-order valence-corrected chi connectivity index (χ4v) is 2.60. The molecule has 0 fully saturated rings. The normalized spacial score (nSPS) is 21.6. The molecule has 0 aliphatic carbocycles. The van der Waals surface area contributed by atoms with Crippen LogP contribution in [-0.4, -0.2) is 30.6 Å². The first kappa shape index (κ1) is 13.8. The number of rotatable bonds is 3. The molecule has 0 radical (unpaired) electrons. The molecule has 0 saturated carbocycles. The smallest absolute Gasteiger partial charge is 0.323 e. The average Bonchev–Trinajstić information content (AvgIpc) is 2.46. The molecule has 1 heterocycles. The van der Waals surface area contributed by atoms with Gasteiger partial charge < -0.3 is 4.74 Å². The van der Waals surface area contributed by atoms with Gasteiger partial charge in [-0.05, 0) is 25.8 Å². The van der Waals surface area contributed by atoms with Gasteiger partial charge in [-0.25, -0.2) is 0 Å². The van der Waals surface area contributed by atoms with E-state index >= 15 is 0 Å². The topological polar surface area (TPSA) is 29.5 Å². The van der Waals surface area contributed by atoms with Crippen molar-refractivity contribution in [3.63, 3.8) is 0 Å². The lowest BCUT2D eigenvalue weighted by atomic mass is 9.97. The van der Waals surface area contributed by atoms with Crippen molar-refractivity contribution in [3.8, 4) is 0 Å². The second kappa shape index (κ2) is 6.02. The van der Waals surface area contributed by atoms with E-state index in [0.29, 0.717) is 0 Å². The van der Waals surface area contributed by atoms with Gasteiger partial charge in [0.15, 0.2) is 0 Å². The van der Waals surface area contributed by atoms with Crippen LogP contribution in [0.25, 0.3) is 0 Å². The zero-order chi connectivity index (χ0) is 13.8. The minimum atomic E-state index is -0.176. The van der Waals surface area contributed by atoms with E-state index in [1.807, 2.05) is 18.2 Å². The van der Waals surface area contributed by atoms with Gasteiger partial charge in [0.2, 0.25) is 0 Å². The van der Waals surface area contributed by atoms with Gasteiger partial charge in [-0.2, -0.15) is 0 Å². The van der Waals surface area contributed by atoms with Crippen LogP contribution in [0.5, 0.6) is 0 Å². The van der Waals surface area contributed by atoms with E-state index in [1.54, 1.807) is 0 Å². The molecule has 0 aromatic heterocycles. The molecule has 0 spiro atoms. The Morgan fingerprint density at radius 3 is 2.68 bits per heavy atom. The lowest BCUT2D eigenvalue weighted by molar-refractivity contribution is -0.148. The second-order valence-electron chi connectivity index (χ2n) is 5.08. The van der Waals surface area contributed by atoms with E-state index in [0.717, 1.165) is 13.0 Å². The quantitative estimate of drug-likeness (QED) is 0.617. The molecule has 3 nitrogen and oxygen atoms in total. The van der Waals surface area contributed by atoms with Gasteiger partial charge >= 0.3 is 5.97 Å². The highest BCUT2D eigenvalue weighted by Crippen LogP contribution is 2.28. The Hall–Kier alpha value is -1.61. The summed E-state index contributed by atoms with van der Waals surface area (Å²) >= 11 is 0. The molecule has 0 N–H and O–H groups in total. The van der Waals surface area contributed by atoms with Crippen molar-refractivity contribution < 1.29 is 9.53 Å². The van der Waals surface area contributed by atoms with Crippen molar-refractivity contribution in [2.75, 3.05) is 13.7 Å². The average molecular weight is 259 g/mol. The number of esters is 1. The van der Waals surface area contributed by atoms with Crippen LogP contribution in [0.15, 0.2) is 42.0 Å². The van der Waals surface area contributed by atoms with Gasteiger partial charge in [0, 0.05) is 12.6 Å². The molecule has 1 aromatic rings. The predicted molar refractivity (Wildman–Crippen MR) is 75.7 cm³/mol. The standard InChI is InChI=1S/C16H21NO2/c1-12-9-10-17(15(11-12)16(18)19-3)13(2)14-7-5-4-6-8-14/h4-9,13,15H,10-11H2,1-3H3/t13-,15-/m0/s1. The molecule has 1 aromatic carbocycles. The number of nitrogens with zero attached hydrogens (tertiary/aromatic N) is 1. The Balaban J connectivity index is 2.23. The van der Waals surface area contributed by atoms with Crippen molar-refractivity contribution in [2.24, 2.45) is 0 Å². The monoisotopic (exact) mass is 259 g/mol. The van der Waals surface area contributed by atoms with E-state index in [2.05, 4.69) is 37.0 Å². The SMILES string of the molecule is COC(=O)[C@@H]1CC(C)=CCN1[C@@H](C)c1ccccc1. The van der Waals surface area contributed by atoms with Gasteiger partial charge in [0.25, 0.3) is 0 Å². The van der Waals surface area contributed by atoms with Gasteiger partial charge in [0.05, 0.1) is 7.11 Å². The summed E-state index contributed by atoms with van der Waals surface area (Å²) in [6.07, 6.45) is 2.95. The molecule has 3 heteroatoms. The fraction of sp³-hybridized carbons (Fsp3) is 0.438. The number of benzene rings is 1. The van der Waals surface area contributed by atoms with Crippen molar-refractivity contribution in [1.82, 2.24) is 4.90 Å². The fourth-order valence-electron chi connectivity index (χ4n) is 2.60. The third-order valence-corrected chi connectivity index (χ3v) is 3.82. The maximum Gasteiger partial charge on any atom is 0.323 e. The molecular weight excluding hydrogens is 238 g/mol. The highest BCUT2D eigenvalue weighted by molar-refractivity contribution is 5.76. The van der Waals surface area contributed by atoms with Crippen LogP contribution in [0.1, 0.15) is 31.9 Å². The molecule has 1 aliphatic rings. The highest BCUT2D eigenvalue weighted by Gasteiger charge is 2.32. The van der Waals surface area contributed by atoms with E-state index in [4.69, 9.17) is 4.74 Å². The van der Waals surface area contributed by atoms with Crippen molar-refractivity contribution in [2.45, 2.75) is 32.4 Å². The number of ether oxygens (including phenoxy) is 1. The Morgan fingerprint density at radius 1 is 1.37 bits per heavy atom. The van der Waals surface area contributed by atoms with Crippen LogP contribution in [0.3, 0.4) is 0 Å². The summed E-state index contributed by atoms with van der Waals surface area (Å²) in [7, 11) is 1.46. The first-order chi connectivity index (χ1) is 9.13. The third-order valence-electron chi connectivity index (χ3n) is 3.82. The molecule has 2 atom stereocenters. The second-order valence-corrected chi connectivity index (χ2v) is 5.08. The van der Waals surface area contributed by atoms with Crippen LogP contribution in [-0.2, 0) is 9.53 Å². The molecule has 2 rings (SSSR count). The number of hydrogen-bond acceptors (Lipinski definition) is 3. The van der Waals surface area contributed by atoms with Gasteiger partial charge in [-0.15, -0.1) is 0 Å². The van der Waals surface area contributed by atoms with Crippen LogP contribution >= 0.6 is 0 Å². The molecule has 102 valence electrons. The molecule has 0 amide bonds. The molecule has 19 heavy (non-hydrogen) atoms. The Labute approximate surface area is 114 Å². The van der Waals surface area contributed by atoms with Crippen LogP contribution < -0.4 is 0 Å². The number of carbonyl (C=O) groups excluding carboxylic acids is 1. The largest absolute Gasteiger partial charge is 0.468 e. The molecule has 0 saturated heterocycles. The summed E-state index contributed by atoms with van der Waals surface area (Å²) < 4.78 is 4.95. The van der Waals surface area contributed by atoms with Crippen LogP contribution in [0, 0.1) is 0 Å². The zero-order valence-electron chi connectivity index (χ0n) is 11.8. The minimum Gasteiger partial charge on any atom is -0.468 e. The summed E-state index contributed by atoms with van der Waals surface area (Å²) in [5, 5.41) is 0. The zero-order valence-corrected chi connectivity index (χ0v) is 11.8. The Morgan fingerprint density at radius 2 is 2.05 bits per heavy atom. The van der Waals surface area contributed by atoms with Crippen molar-refractivity contribution in [1.29, 1.82) is 0 Å². The number of carbonyl (C=O) groups is 1. The number of methoxy groups -OCH3 is 1. The lowest BCUT2D eigenvalue weighted by Crippen LogP contribution is -2.45. The molecule has 1 aliphatic heterocycles. The van der Waals surface area contributed by atoms with E-state index < -0.39 is 0 Å². The van der Waals surface area contributed by atoms with Crippen LogP contribution in [0.4, 0.5) is 0 Å². The van der Waals surface area contributed by atoms with E-state index in [9.17, 15) is 4.79 Å². The van der Waals surface area contributed by atoms with Gasteiger partial charge in [-0.1, -0.05) is 42.0 Å². The molecule has 0 unspecified atom stereocenters. The van der Waals surface area contributed by atoms with Gasteiger partial charge in [0.1, 0.15) is 6.04 Å². The maximum absolute atomic E-state index is 12.0.